The summed E-state index contributed by atoms with van der Waals surface area (Å²) >= 11 is 0. The molecule has 0 spiro atoms. The van der Waals surface area contributed by atoms with Crippen molar-refractivity contribution in [3.63, 3.8) is 0 Å². The maximum absolute atomic E-state index is 12.6. The fourth-order valence-electron chi connectivity index (χ4n) is 2.97. The molecule has 1 heterocycles. The number of carbonyl (C=O) groups excluding carboxylic acids is 1. The molecule has 2 rings (SSSR count). The van der Waals surface area contributed by atoms with E-state index in [1.54, 1.807) is 11.0 Å². The van der Waals surface area contributed by atoms with Crippen LogP contribution in [0, 0.1) is 0 Å². The van der Waals surface area contributed by atoms with Crippen molar-refractivity contribution in [3.05, 3.63) is 18.2 Å². The third-order valence-corrected chi connectivity index (χ3v) is 5.89. The molecule has 0 unspecified atom stereocenters. The van der Waals surface area contributed by atoms with E-state index in [1.807, 2.05) is 20.9 Å². The van der Waals surface area contributed by atoms with Crippen LogP contribution in [0.2, 0.25) is 0 Å². The van der Waals surface area contributed by atoms with Gasteiger partial charge in [0.1, 0.15) is 0 Å². The second-order valence-corrected chi connectivity index (χ2v) is 8.01. The number of likely N-dealkylation sites (tertiary alicyclic amines) is 1. The first kappa shape index (κ1) is 21.5. The van der Waals surface area contributed by atoms with Crippen molar-refractivity contribution in [2.45, 2.75) is 37.6 Å². The van der Waals surface area contributed by atoms with Gasteiger partial charge in [0.05, 0.1) is 24.7 Å². The molecule has 1 amide bonds. The number of hydrogen-bond acceptors (Lipinski definition) is 6. The molecule has 1 aromatic rings. The molecule has 0 bridgehead atoms. The average molecular weight is 400 g/mol. The Morgan fingerprint density at radius 2 is 1.78 bits per heavy atom. The zero-order valence-corrected chi connectivity index (χ0v) is 17.0. The van der Waals surface area contributed by atoms with E-state index in [0.29, 0.717) is 43.8 Å². The Bertz CT molecular complexity index is 731. The van der Waals surface area contributed by atoms with Gasteiger partial charge in [0.2, 0.25) is 15.9 Å². The molecule has 0 saturated carbocycles. The summed E-state index contributed by atoms with van der Waals surface area (Å²) in [5, 5.41) is 3.20. The van der Waals surface area contributed by atoms with Gasteiger partial charge in [0, 0.05) is 25.2 Å². The van der Waals surface area contributed by atoms with Crippen LogP contribution in [0.15, 0.2) is 23.1 Å². The number of sulfonamides is 1. The van der Waals surface area contributed by atoms with Crippen LogP contribution in [0.1, 0.15) is 26.7 Å². The summed E-state index contributed by atoms with van der Waals surface area (Å²) in [5.41, 5.74) is 0. The summed E-state index contributed by atoms with van der Waals surface area (Å²) in [5.74, 6) is 0.633. The van der Waals surface area contributed by atoms with Crippen LogP contribution >= 0.6 is 0 Å². The van der Waals surface area contributed by atoms with Gasteiger partial charge in [-0.05, 0) is 45.9 Å². The first-order chi connectivity index (χ1) is 12.9. The van der Waals surface area contributed by atoms with E-state index >= 15 is 0 Å². The number of piperidine rings is 1. The normalized spacial score (nSPS) is 15.6. The van der Waals surface area contributed by atoms with Gasteiger partial charge in [0.25, 0.3) is 0 Å². The number of ether oxygens (including phenoxy) is 2. The van der Waals surface area contributed by atoms with Crippen molar-refractivity contribution < 1.29 is 22.7 Å². The van der Waals surface area contributed by atoms with Gasteiger partial charge in [0.15, 0.2) is 11.5 Å². The van der Waals surface area contributed by atoms with Crippen LogP contribution in [0.3, 0.4) is 0 Å². The first-order valence-electron chi connectivity index (χ1n) is 9.25. The standard InChI is InChI=1S/C18H29N3O5S/c1-4-25-16-7-6-15(12-17(16)26-5-2)27(23,24)20-13-18(22)21-10-8-14(19-3)9-11-21/h6-7,12,14,19-20H,4-5,8-11,13H2,1-3H3. The average Bonchev–Trinajstić information content (AvgIpc) is 2.68. The molecule has 0 atom stereocenters. The molecule has 2 N–H and O–H groups in total. The zero-order valence-electron chi connectivity index (χ0n) is 16.2. The predicted octanol–water partition coefficient (Wildman–Crippen LogP) is 0.973. The summed E-state index contributed by atoms with van der Waals surface area (Å²) in [6.45, 7) is 5.48. The minimum absolute atomic E-state index is 0.0381. The van der Waals surface area contributed by atoms with Crippen LogP contribution in [0.5, 0.6) is 11.5 Å². The van der Waals surface area contributed by atoms with Gasteiger partial charge in [-0.25, -0.2) is 13.1 Å². The number of benzene rings is 1. The van der Waals surface area contributed by atoms with Crippen molar-refractivity contribution >= 4 is 15.9 Å². The lowest BCUT2D eigenvalue weighted by Crippen LogP contribution is -2.47. The van der Waals surface area contributed by atoms with E-state index in [9.17, 15) is 13.2 Å². The van der Waals surface area contributed by atoms with Gasteiger partial charge in [-0.1, -0.05) is 0 Å². The Morgan fingerprint density at radius 1 is 1.15 bits per heavy atom. The number of amides is 1. The molecular formula is C18H29N3O5S. The maximum atomic E-state index is 12.6. The largest absolute Gasteiger partial charge is 0.490 e. The molecule has 1 aliphatic heterocycles. The SMILES string of the molecule is CCOc1ccc(S(=O)(=O)NCC(=O)N2CCC(NC)CC2)cc1OCC. The molecule has 8 nitrogen and oxygen atoms in total. The van der Waals surface area contributed by atoms with Gasteiger partial charge in [-0.3, -0.25) is 4.79 Å². The molecule has 9 heteroatoms. The van der Waals surface area contributed by atoms with Gasteiger partial charge in [-0.15, -0.1) is 0 Å². The van der Waals surface area contributed by atoms with Crippen molar-refractivity contribution in [2.75, 3.05) is 39.9 Å². The van der Waals surface area contributed by atoms with Gasteiger partial charge >= 0.3 is 0 Å². The van der Waals surface area contributed by atoms with Crippen molar-refractivity contribution in [1.29, 1.82) is 0 Å². The van der Waals surface area contributed by atoms with Gasteiger partial charge < -0.3 is 19.7 Å². The highest BCUT2D eigenvalue weighted by molar-refractivity contribution is 7.89. The molecule has 0 aliphatic carbocycles. The smallest absolute Gasteiger partial charge is 0.241 e. The molecule has 0 aromatic heterocycles. The van der Waals surface area contributed by atoms with Gasteiger partial charge in [-0.2, -0.15) is 0 Å². The quantitative estimate of drug-likeness (QED) is 0.642. The number of hydrogen-bond donors (Lipinski definition) is 2. The van der Waals surface area contributed by atoms with E-state index < -0.39 is 10.0 Å². The summed E-state index contributed by atoms with van der Waals surface area (Å²) in [6.07, 6.45) is 1.73. The minimum Gasteiger partial charge on any atom is -0.490 e. The Hall–Kier alpha value is -1.84. The van der Waals surface area contributed by atoms with Crippen LogP contribution in [-0.2, 0) is 14.8 Å². The second kappa shape index (κ2) is 9.91. The molecule has 27 heavy (non-hydrogen) atoms. The molecule has 1 fully saturated rings. The molecule has 1 saturated heterocycles. The molecule has 1 aliphatic rings. The van der Waals surface area contributed by atoms with Crippen LogP contribution < -0.4 is 19.5 Å². The van der Waals surface area contributed by atoms with E-state index in [2.05, 4.69) is 10.0 Å². The van der Waals surface area contributed by atoms with Crippen molar-refractivity contribution in [2.24, 2.45) is 0 Å². The Kier molecular flexibility index (Phi) is 7.88. The van der Waals surface area contributed by atoms with Crippen LogP contribution in [-0.4, -0.2) is 65.2 Å². The maximum Gasteiger partial charge on any atom is 0.241 e. The lowest BCUT2D eigenvalue weighted by molar-refractivity contribution is -0.131. The summed E-state index contributed by atoms with van der Waals surface area (Å²) in [6, 6.07) is 4.83. The minimum atomic E-state index is -3.83. The fourth-order valence-corrected chi connectivity index (χ4v) is 3.96. The highest BCUT2D eigenvalue weighted by atomic mass is 32.2. The highest BCUT2D eigenvalue weighted by Crippen LogP contribution is 2.30. The zero-order chi connectivity index (χ0) is 19.9. The van der Waals surface area contributed by atoms with E-state index in [0.717, 1.165) is 12.8 Å². The molecule has 152 valence electrons. The van der Waals surface area contributed by atoms with E-state index in [1.165, 1.54) is 12.1 Å². The summed E-state index contributed by atoms with van der Waals surface area (Å²) in [4.78, 5) is 14.0. The topological polar surface area (TPSA) is 97.0 Å². The first-order valence-corrected chi connectivity index (χ1v) is 10.7. The monoisotopic (exact) mass is 399 g/mol. The van der Waals surface area contributed by atoms with Crippen LogP contribution in [0.25, 0.3) is 0 Å². The second-order valence-electron chi connectivity index (χ2n) is 6.24. The van der Waals surface area contributed by atoms with E-state index in [4.69, 9.17) is 9.47 Å². The molecule has 0 radical (unpaired) electrons. The number of nitrogens with zero attached hydrogens (tertiary/aromatic N) is 1. The third kappa shape index (κ3) is 5.82. The van der Waals surface area contributed by atoms with E-state index in [-0.39, 0.29) is 17.3 Å². The predicted molar refractivity (Wildman–Crippen MR) is 103 cm³/mol. The fraction of sp³-hybridized carbons (Fsp3) is 0.611. The Balaban J connectivity index is 2.01. The number of rotatable bonds is 9. The highest BCUT2D eigenvalue weighted by Gasteiger charge is 2.24. The van der Waals surface area contributed by atoms with Crippen LogP contribution in [0.4, 0.5) is 0 Å². The Labute approximate surface area is 161 Å². The summed E-state index contributed by atoms with van der Waals surface area (Å²) in [7, 11) is -1.92. The molecule has 1 aromatic carbocycles. The number of carbonyl (C=O) groups is 1. The Morgan fingerprint density at radius 3 is 2.37 bits per heavy atom. The lowest BCUT2D eigenvalue weighted by atomic mass is 10.1. The van der Waals surface area contributed by atoms with Crippen molar-refractivity contribution in [3.8, 4) is 11.5 Å². The summed E-state index contributed by atoms with van der Waals surface area (Å²) < 4.78 is 38.4. The number of nitrogens with one attached hydrogen (secondary N) is 2. The third-order valence-electron chi connectivity index (χ3n) is 4.49. The molecular weight excluding hydrogens is 370 g/mol. The van der Waals surface area contributed by atoms with Crippen molar-refractivity contribution in [1.82, 2.24) is 14.9 Å². The lowest BCUT2D eigenvalue weighted by Gasteiger charge is -2.31.